The van der Waals surface area contributed by atoms with E-state index in [1.54, 1.807) is 23.9 Å². The van der Waals surface area contributed by atoms with Crippen LogP contribution in [0.5, 0.6) is 5.75 Å². The summed E-state index contributed by atoms with van der Waals surface area (Å²) in [7, 11) is 0. The summed E-state index contributed by atoms with van der Waals surface area (Å²) in [6.07, 6.45) is 0. The number of hydrogen-bond acceptors (Lipinski definition) is 4. The van der Waals surface area contributed by atoms with Crippen LogP contribution in [0.2, 0.25) is 5.02 Å². The zero-order valence-corrected chi connectivity index (χ0v) is 12.6. The molecule has 4 nitrogen and oxygen atoms in total. The molecule has 0 saturated carbocycles. The van der Waals surface area contributed by atoms with E-state index < -0.39 is 4.92 Å². The normalized spacial score (nSPS) is 16.5. The number of rotatable bonds is 4. The second kappa shape index (κ2) is 5.95. The van der Waals surface area contributed by atoms with Gasteiger partial charge in [0.25, 0.3) is 0 Å². The summed E-state index contributed by atoms with van der Waals surface area (Å²) < 4.78 is 5.68. The Balaban J connectivity index is 1.76. The lowest BCUT2D eigenvalue weighted by molar-refractivity contribution is -0.385. The molecule has 1 aliphatic rings. The van der Waals surface area contributed by atoms with Gasteiger partial charge in [0.05, 0.1) is 11.5 Å². The van der Waals surface area contributed by atoms with E-state index in [4.69, 9.17) is 16.3 Å². The maximum Gasteiger partial charge on any atom is 0.312 e. The Morgan fingerprint density at radius 1 is 1.33 bits per heavy atom. The Morgan fingerprint density at radius 3 is 2.95 bits per heavy atom. The second-order valence-corrected chi connectivity index (χ2v) is 6.22. The van der Waals surface area contributed by atoms with Crippen molar-refractivity contribution < 1.29 is 9.66 Å². The summed E-state index contributed by atoms with van der Waals surface area (Å²) in [5.74, 6) is 1.45. The highest BCUT2D eigenvalue weighted by molar-refractivity contribution is 7.99. The molecule has 2 aromatic rings. The van der Waals surface area contributed by atoms with Crippen LogP contribution in [0, 0.1) is 10.1 Å². The van der Waals surface area contributed by atoms with Crippen molar-refractivity contribution in [1.82, 2.24) is 0 Å². The van der Waals surface area contributed by atoms with Crippen molar-refractivity contribution in [3.63, 3.8) is 0 Å². The third kappa shape index (κ3) is 2.99. The van der Waals surface area contributed by atoms with E-state index in [1.807, 2.05) is 12.1 Å². The van der Waals surface area contributed by atoms with E-state index in [9.17, 15) is 10.1 Å². The summed E-state index contributed by atoms with van der Waals surface area (Å²) in [4.78, 5) is 11.8. The molecule has 21 heavy (non-hydrogen) atoms. The molecule has 0 radical (unpaired) electrons. The molecule has 0 aromatic heterocycles. The molecule has 1 aliphatic heterocycles. The minimum Gasteiger partial charge on any atom is -0.486 e. The first-order valence-corrected chi connectivity index (χ1v) is 7.80. The molecule has 3 rings (SSSR count). The van der Waals surface area contributed by atoms with Crippen LogP contribution in [-0.4, -0.2) is 17.3 Å². The van der Waals surface area contributed by atoms with Crippen LogP contribution >= 0.6 is 23.4 Å². The molecule has 1 unspecified atom stereocenters. The van der Waals surface area contributed by atoms with Gasteiger partial charge < -0.3 is 4.74 Å². The first-order valence-electron chi connectivity index (χ1n) is 6.43. The van der Waals surface area contributed by atoms with Gasteiger partial charge in [-0.2, -0.15) is 0 Å². The number of fused-ring (bicyclic) bond motifs is 1. The average molecular weight is 322 g/mol. The van der Waals surface area contributed by atoms with Crippen molar-refractivity contribution in [3.05, 3.63) is 63.2 Å². The molecule has 0 aliphatic carbocycles. The van der Waals surface area contributed by atoms with E-state index in [0.717, 1.165) is 5.75 Å². The third-order valence-electron chi connectivity index (χ3n) is 3.36. The molecule has 0 fully saturated rings. The molecule has 0 N–H and O–H groups in total. The van der Waals surface area contributed by atoms with E-state index in [2.05, 4.69) is 12.1 Å². The molecule has 2 aromatic carbocycles. The number of nitrogens with zero attached hydrogens (tertiary/aromatic N) is 1. The number of benzene rings is 2. The van der Waals surface area contributed by atoms with Gasteiger partial charge >= 0.3 is 5.69 Å². The van der Waals surface area contributed by atoms with Gasteiger partial charge in [-0.3, -0.25) is 10.1 Å². The van der Waals surface area contributed by atoms with Gasteiger partial charge in [-0.1, -0.05) is 29.8 Å². The monoisotopic (exact) mass is 321 g/mol. The molecular weight excluding hydrogens is 310 g/mol. The van der Waals surface area contributed by atoms with Gasteiger partial charge in [0.15, 0.2) is 5.75 Å². The van der Waals surface area contributed by atoms with E-state index in [-0.39, 0.29) is 17.4 Å². The number of hydrogen-bond donors (Lipinski definition) is 0. The zero-order valence-electron chi connectivity index (χ0n) is 11.0. The summed E-state index contributed by atoms with van der Waals surface area (Å²) in [5, 5.41) is 11.4. The molecule has 108 valence electrons. The Morgan fingerprint density at radius 2 is 2.14 bits per heavy atom. The molecule has 0 bridgehead atoms. The van der Waals surface area contributed by atoms with Gasteiger partial charge in [-0.15, -0.1) is 11.8 Å². The third-order valence-corrected chi connectivity index (χ3v) is 4.84. The van der Waals surface area contributed by atoms with Crippen molar-refractivity contribution in [2.24, 2.45) is 0 Å². The smallest absolute Gasteiger partial charge is 0.312 e. The minimum atomic E-state index is -0.474. The Hall–Kier alpha value is -1.72. The van der Waals surface area contributed by atoms with Gasteiger partial charge in [-0.25, -0.2) is 0 Å². The molecule has 6 heteroatoms. The van der Waals surface area contributed by atoms with E-state index in [0.29, 0.717) is 11.6 Å². The topological polar surface area (TPSA) is 52.4 Å². The highest BCUT2D eigenvalue weighted by atomic mass is 35.5. The van der Waals surface area contributed by atoms with Gasteiger partial charge in [-0.05, 0) is 23.8 Å². The highest BCUT2D eigenvalue weighted by Gasteiger charge is 2.24. The second-order valence-electron chi connectivity index (χ2n) is 4.73. The van der Waals surface area contributed by atoms with Crippen molar-refractivity contribution in [2.75, 3.05) is 12.4 Å². The molecule has 0 amide bonds. The maximum atomic E-state index is 11.0. The van der Waals surface area contributed by atoms with Gasteiger partial charge in [0.1, 0.15) is 0 Å². The number of nitro benzene ring substituents is 1. The van der Waals surface area contributed by atoms with Crippen LogP contribution in [0.25, 0.3) is 0 Å². The van der Waals surface area contributed by atoms with Gasteiger partial charge in [0.2, 0.25) is 0 Å². The first kappa shape index (κ1) is 14.2. The van der Waals surface area contributed by atoms with E-state index >= 15 is 0 Å². The lowest BCUT2D eigenvalue weighted by atomic mass is 10.0. The van der Waals surface area contributed by atoms with Crippen molar-refractivity contribution >= 4 is 29.1 Å². The molecular formula is C15H12ClNO3S. The minimum absolute atomic E-state index is 0.0959. The number of thioether (sulfide) groups is 1. The quantitative estimate of drug-likeness (QED) is 0.614. The fraction of sp³-hybridized carbons (Fsp3) is 0.200. The Kier molecular flexibility index (Phi) is 4.03. The lowest BCUT2D eigenvalue weighted by Gasteiger charge is -2.12. The largest absolute Gasteiger partial charge is 0.486 e. The Bertz CT molecular complexity index is 692. The highest BCUT2D eigenvalue weighted by Crippen LogP contribution is 2.40. The predicted molar refractivity (Wildman–Crippen MR) is 83.5 cm³/mol. The van der Waals surface area contributed by atoms with Crippen molar-refractivity contribution in [1.29, 1.82) is 0 Å². The maximum absolute atomic E-state index is 11.0. The summed E-state index contributed by atoms with van der Waals surface area (Å²) in [5.41, 5.74) is 1.15. The summed E-state index contributed by atoms with van der Waals surface area (Å²) in [6.45, 7) is 0.423. The molecule has 0 saturated heterocycles. The van der Waals surface area contributed by atoms with Crippen LogP contribution in [0.1, 0.15) is 11.5 Å². The molecule has 1 heterocycles. The first-order chi connectivity index (χ1) is 10.1. The average Bonchev–Trinajstić information content (AvgIpc) is 2.89. The predicted octanol–water partition coefficient (Wildman–Crippen LogP) is 4.52. The Labute approximate surface area is 131 Å². The van der Waals surface area contributed by atoms with Crippen LogP contribution in [-0.2, 0) is 0 Å². The number of ether oxygens (including phenoxy) is 1. The van der Waals surface area contributed by atoms with Crippen LogP contribution in [0.3, 0.4) is 0 Å². The van der Waals surface area contributed by atoms with Crippen LogP contribution in [0.15, 0.2) is 47.4 Å². The molecule has 1 atom stereocenters. The van der Waals surface area contributed by atoms with Crippen LogP contribution in [0.4, 0.5) is 5.69 Å². The standard InChI is InChI=1S/C15H12ClNO3S/c16-11-5-6-14(13(7-11)17(18)19)20-8-10-9-21-15-4-2-1-3-12(10)15/h1-7,10H,8-9H2. The van der Waals surface area contributed by atoms with Crippen molar-refractivity contribution in [2.45, 2.75) is 10.8 Å². The lowest BCUT2D eigenvalue weighted by Crippen LogP contribution is -2.10. The SMILES string of the molecule is O=[N+]([O-])c1cc(Cl)ccc1OCC1CSc2ccccc21. The fourth-order valence-corrected chi connectivity index (χ4v) is 3.71. The van der Waals surface area contributed by atoms with E-state index in [1.165, 1.54) is 16.5 Å². The molecule has 0 spiro atoms. The fourth-order valence-electron chi connectivity index (χ4n) is 2.31. The zero-order chi connectivity index (χ0) is 14.8. The van der Waals surface area contributed by atoms with Crippen molar-refractivity contribution in [3.8, 4) is 5.75 Å². The summed E-state index contributed by atoms with van der Waals surface area (Å²) >= 11 is 7.58. The van der Waals surface area contributed by atoms with Crippen LogP contribution < -0.4 is 4.74 Å². The number of halogens is 1. The summed E-state index contributed by atoms with van der Waals surface area (Å²) in [6, 6.07) is 12.6. The number of nitro groups is 1. The van der Waals surface area contributed by atoms with Gasteiger partial charge in [0, 0.05) is 27.7 Å².